The van der Waals surface area contributed by atoms with E-state index in [0.29, 0.717) is 6.42 Å². The quantitative estimate of drug-likeness (QED) is 0.433. The smallest absolute Gasteiger partial charge is 0.422 e. The summed E-state index contributed by atoms with van der Waals surface area (Å²) in [5.74, 6) is -3.94. The van der Waals surface area contributed by atoms with Crippen molar-refractivity contribution in [2.75, 3.05) is 6.61 Å². The van der Waals surface area contributed by atoms with Gasteiger partial charge in [-0.05, 0) is 33.1 Å². The molecule has 9 nitrogen and oxygen atoms in total. The molecule has 3 heterocycles. The van der Waals surface area contributed by atoms with Gasteiger partial charge >= 0.3 is 24.1 Å². The summed E-state index contributed by atoms with van der Waals surface area (Å²) in [5, 5.41) is 0. The van der Waals surface area contributed by atoms with Gasteiger partial charge in [0.25, 0.3) is 0 Å². The molecule has 4 aliphatic rings. The Morgan fingerprint density at radius 3 is 2.36 bits per heavy atom. The van der Waals surface area contributed by atoms with Crippen molar-refractivity contribution >= 4 is 17.9 Å². The molecule has 33 heavy (non-hydrogen) atoms. The van der Waals surface area contributed by atoms with Gasteiger partial charge in [-0.1, -0.05) is 6.92 Å². The number of carbonyl (C=O) groups is 3. The molecule has 4 rings (SSSR count). The number of carbonyl (C=O) groups excluding carboxylic acids is 3. The number of hydrogen-bond donors (Lipinski definition) is 0. The molecular formula is C21H27F3O9. The Kier molecular flexibility index (Phi) is 6.15. The molecule has 5 unspecified atom stereocenters. The van der Waals surface area contributed by atoms with E-state index in [1.807, 2.05) is 6.92 Å². The second-order valence-electron chi connectivity index (χ2n) is 9.54. The number of rotatable bonds is 5. The molecule has 1 aliphatic carbocycles. The van der Waals surface area contributed by atoms with Crippen molar-refractivity contribution in [1.29, 1.82) is 0 Å². The summed E-state index contributed by atoms with van der Waals surface area (Å²) in [6.07, 6.45) is -7.65. The Morgan fingerprint density at radius 2 is 1.76 bits per heavy atom. The molecule has 0 bridgehead atoms. The number of esters is 3. The van der Waals surface area contributed by atoms with Gasteiger partial charge in [-0.25, -0.2) is 4.79 Å². The molecule has 0 aromatic heterocycles. The molecule has 1 spiro atoms. The van der Waals surface area contributed by atoms with Crippen molar-refractivity contribution in [3.63, 3.8) is 0 Å². The lowest BCUT2D eigenvalue weighted by atomic mass is 9.85. The topological polar surface area (TPSA) is 107 Å². The first-order valence-corrected chi connectivity index (χ1v) is 11.0. The van der Waals surface area contributed by atoms with E-state index in [-0.39, 0.29) is 25.7 Å². The maximum atomic E-state index is 12.4. The molecule has 1 saturated carbocycles. The van der Waals surface area contributed by atoms with Crippen LogP contribution in [-0.2, 0) is 42.8 Å². The van der Waals surface area contributed by atoms with E-state index in [9.17, 15) is 27.6 Å². The Balaban J connectivity index is 1.33. The van der Waals surface area contributed by atoms with E-state index in [1.165, 1.54) is 0 Å². The lowest BCUT2D eigenvalue weighted by molar-refractivity contribution is -0.250. The average Bonchev–Trinajstić information content (AvgIpc) is 3.34. The predicted octanol–water partition coefficient (Wildman–Crippen LogP) is 2.39. The van der Waals surface area contributed by atoms with Crippen molar-refractivity contribution in [3.8, 4) is 0 Å². The fourth-order valence-corrected chi connectivity index (χ4v) is 4.40. The van der Waals surface area contributed by atoms with Gasteiger partial charge in [0.05, 0.1) is 11.3 Å². The zero-order valence-corrected chi connectivity index (χ0v) is 18.5. The Morgan fingerprint density at radius 1 is 1.09 bits per heavy atom. The van der Waals surface area contributed by atoms with Crippen molar-refractivity contribution in [1.82, 2.24) is 0 Å². The van der Waals surface area contributed by atoms with Crippen LogP contribution in [0.2, 0.25) is 0 Å². The predicted molar refractivity (Wildman–Crippen MR) is 100 cm³/mol. The Bertz CT molecular complexity index is 803. The first kappa shape index (κ1) is 24.2. The Labute approximate surface area is 188 Å². The molecule has 0 N–H and O–H groups in total. The number of ether oxygens (including phenoxy) is 6. The Hall–Kier alpha value is -1.92. The van der Waals surface area contributed by atoms with Crippen molar-refractivity contribution in [2.45, 2.75) is 95.5 Å². The maximum Gasteiger partial charge on any atom is 0.422 e. The van der Waals surface area contributed by atoms with E-state index in [0.717, 1.165) is 0 Å². The molecule has 12 heteroatoms. The number of fused-ring (bicyclic) bond motifs is 3. The summed E-state index contributed by atoms with van der Waals surface area (Å²) in [7, 11) is 0. The number of halogens is 3. The zero-order chi connectivity index (χ0) is 24.2. The third-order valence-corrected chi connectivity index (χ3v) is 6.80. The average molecular weight is 480 g/mol. The van der Waals surface area contributed by atoms with Gasteiger partial charge in [0, 0.05) is 12.8 Å². The molecule has 0 radical (unpaired) electrons. The molecule has 3 aliphatic heterocycles. The van der Waals surface area contributed by atoms with E-state index >= 15 is 0 Å². The molecule has 0 aromatic carbocycles. The summed E-state index contributed by atoms with van der Waals surface area (Å²) in [6.45, 7) is 3.64. The van der Waals surface area contributed by atoms with Crippen LogP contribution in [0.3, 0.4) is 0 Å². The fourth-order valence-electron chi connectivity index (χ4n) is 4.40. The number of alkyl halides is 3. The van der Waals surface area contributed by atoms with Gasteiger partial charge in [-0.2, -0.15) is 13.2 Å². The molecule has 0 aromatic rings. The standard InChI is InChI=1S/C21H27F3O9/c1-4-19(2,3)18(27)31-13-11-12(29-16(13)26)14-17(30-11)33-20(32-14)7-5-10(6-8-20)15(25)28-9-21(22,23)24/h10-14,17H,4-9H2,1-3H3. The zero-order valence-electron chi connectivity index (χ0n) is 18.5. The highest BCUT2D eigenvalue weighted by atomic mass is 19.4. The molecule has 5 atom stereocenters. The maximum absolute atomic E-state index is 12.4. The van der Waals surface area contributed by atoms with Gasteiger partial charge < -0.3 is 28.4 Å². The van der Waals surface area contributed by atoms with E-state index in [2.05, 4.69) is 4.74 Å². The minimum Gasteiger partial charge on any atom is -0.456 e. The van der Waals surface area contributed by atoms with Crippen LogP contribution < -0.4 is 0 Å². The van der Waals surface area contributed by atoms with Gasteiger partial charge in [-0.15, -0.1) is 0 Å². The number of hydrogen-bond acceptors (Lipinski definition) is 9. The van der Waals surface area contributed by atoms with Crippen molar-refractivity contribution in [2.24, 2.45) is 11.3 Å². The van der Waals surface area contributed by atoms with E-state index in [1.54, 1.807) is 13.8 Å². The van der Waals surface area contributed by atoms with Crippen LogP contribution in [0.1, 0.15) is 52.9 Å². The second kappa shape index (κ2) is 8.38. The summed E-state index contributed by atoms with van der Waals surface area (Å²) in [5.41, 5.74) is -0.774. The second-order valence-corrected chi connectivity index (χ2v) is 9.54. The minimum absolute atomic E-state index is 0.219. The summed E-state index contributed by atoms with van der Waals surface area (Å²) >= 11 is 0. The SMILES string of the molecule is CCC(C)(C)C(=O)OC1C(=O)OC2C3OC4(CCC(C(=O)OCC(F)(F)F)CC4)OC3OC12. The van der Waals surface area contributed by atoms with Crippen LogP contribution in [0.5, 0.6) is 0 Å². The third-order valence-electron chi connectivity index (χ3n) is 6.80. The minimum atomic E-state index is -4.58. The monoisotopic (exact) mass is 480 g/mol. The van der Waals surface area contributed by atoms with Gasteiger partial charge in [0.15, 0.2) is 30.9 Å². The van der Waals surface area contributed by atoms with Crippen LogP contribution in [0.4, 0.5) is 13.2 Å². The van der Waals surface area contributed by atoms with Crippen LogP contribution in [0.25, 0.3) is 0 Å². The molecule has 4 fully saturated rings. The highest BCUT2D eigenvalue weighted by molar-refractivity contribution is 5.84. The van der Waals surface area contributed by atoms with Crippen molar-refractivity contribution < 1.29 is 56.0 Å². The van der Waals surface area contributed by atoms with Crippen LogP contribution in [-0.4, -0.2) is 67.2 Å². The molecule has 3 saturated heterocycles. The van der Waals surface area contributed by atoms with Crippen LogP contribution >= 0.6 is 0 Å². The summed E-state index contributed by atoms with van der Waals surface area (Å²) < 4.78 is 69.8. The lowest BCUT2D eigenvalue weighted by Gasteiger charge is -2.35. The van der Waals surface area contributed by atoms with Crippen LogP contribution in [0, 0.1) is 11.3 Å². The lowest BCUT2D eigenvalue weighted by Crippen LogP contribution is -2.43. The normalized spacial score (nSPS) is 38.1. The summed E-state index contributed by atoms with van der Waals surface area (Å²) in [6, 6.07) is 0. The van der Waals surface area contributed by atoms with Crippen LogP contribution in [0.15, 0.2) is 0 Å². The molecular weight excluding hydrogens is 453 g/mol. The summed E-state index contributed by atoms with van der Waals surface area (Å²) in [4.78, 5) is 36.7. The van der Waals surface area contributed by atoms with Gasteiger partial charge in [0.1, 0.15) is 6.10 Å². The van der Waals surface area contributed by atoms with E-state index < -0.39 is 78.5 Å². The first-order valence-electron chi connectivity index (χ1n) is 11.0. The van der Waals surface area contributed by atoms with Crippen molar-refractivity contribution in [3.05, 3.63) is 0 Å². The van der Waals surface area contributed by atoms with Gasteiger partial charge in [0.2, 0.25) is 6.10 Å². The first-order chi connectivity index (χ1) is 15.3. The highest BCUT2D eigenvalue weighted by Crippen LogP contribution is 2.49. The van der Waals surface area contributed by atoms with E-state index in [4.69, 9.17) is 23.7 Å². The highest BCUT2D eigenvalue weighted by Gasteiger charge is 2.66. The fraction of sp³-hybridized carbons (Fsp3) is 0.857. The molecule has 186 valence electrons. The largest absolute Gasteiger partial charge is 0.456 e. The third kappa shape index (κ3) is 4.69. The molecule has 0 amide bonds. The van der Waals surface area contributed by atoms with Gasteiger partial charge in [-0.3, -0.25) is 9.59 Å².